The molecule has 0 amide bonds. The Hall–Kier alpha value is -0.473. The highest BCUT2D eigenvalue weighted by Gasteiger charge is 2.67. The van der Waals surface area contributed by atoms with Gasteiger partial charge in [0.25, 0.3) is 0 Å². The SMILES string of the molecule is CC(=O)O[C@@H]1[C@@H]([C@@]2(C)CCC(O[Si](C)(C)C(C)(C)C)C[C@@H]2CCN2CCCC2)CC[C@@]2(C)[C@H]1CCC21OCCO1. The zero-order valence-corrected chi connectivity index (χ0v) is 28.0. The van der Waals surface area contributed by atoms with Gasteiger partial charge < -0.3 is 23.5 Å². The fourth-order valence-electron chi connectivity index (χ4n) is 9.39. The lowest BCUT2D eigenvalue weighted by Gasteiger charge is -2.58. The molecule has 2 aliphatic heterocycles. The maximum atomic E-state index is 12.6. The number of carbonyl (C=O) groups is 1. The zero-order chi connectivity index (χ0) is 29.0. The summed E-state index contributed by atoms with van der Waals surface area (Å²) < 4.78 is 26.2. The molecule has 40 heavy (non-hydrogen) atoms. The summed E-state index contributed by atoms with van der Waals surface area (Å²) in [6.07, 6.45) is 11.6. The Morgan fingerprint density at radius 3 is 2.25 bits per heavy atom. The molecule has 0 N–H and O–H groups in total. The number of ether oxygens (including phenoxy) is 3. The van der Waals surface area contributed by atoms with Crippen LogP contribution in [0.25, 0.3) is 0 Å². The van der Waals surface area contributed by atoms with Gasteiger partial charge in [0.05, 0.1) is 13.2 Å². The average molecular weight is 578 g/mol. The topological polar surface area (TPSA) is 57.2 Å². The van der Waals surface area contributed by atoms with Crippen LogP contribution in [0.5, 0.6) is 0 Å². The van der Waals surface area contributed by atoms with Gasteiger partial charge in [-0.15, -0.1) is 0 Å². The first-order valence-electron chi connectivity index (χ1n) is 16.6. The third-order valence-electron chi connectivity index (χ3n) is 12.9. The van der Waals surface area contributed by atoms with E-state index in [4.69, 9.17) is 18.6 Å². The van der Waals surface area contributed by atoms with Crippen LogP contribution in [0.2, 0.25) is 18.1 Å². The van der Waals surface area contributed by atoms with E-state index < -0.39 is 14.1 Å². The molecule has 2 saturated heterocycles. The van der Waals surface area contributed by atoms with Gasteiger partial charge in [-0.3, -0.25) is 4.79 Å². The van der Waals surface area contributed by atoms with Crippen LogP contribution in [0.15, 0.2) is 0 Å². The normalized spacial score (nSPS) is 40.5. The van der Waals surface area contributed by atoms with E-state index in [1.54, 1.807) is 6.92 Å². The smallest absolute Gasteiger partial charge is 0.302 e. The monoisotopic (exact) mass is 577 g/mol. The van der Waals surface area contributed by atoms with Crippen molar-refractivity contribution in [2.24, 2.45) is 28.6 Å². The molecule has 5 fully saturated rings. The molecule has 3 aliphatic carbocycles. The van der Waals surface area contributed by atoms with Crippen LogP contribution in [0.1, 0.15) is 106 Å². The lowest BCUT2D eigenvalue weighted by Crippen LogP contribution is -2.58. The minimum atomic E-state index is -1.85. The van der Waals surface area contributed by atoms with Crippen molar-refractivity contribution in [3.8, 4) is 0 Å². The van der Waals surface area contributed by atoms with Crippen molar-refractivity contribution < 1.29 is 23.4 Å². The first-order valence-corrected chi connectivity index (χ1v) is 19.5. The fourth-order valence-corrected chi connectivity index (χ4v) is 10.8. The van der Waals surface area contributed by atoms with Gasteiger partial charge in [-0.1, -0.05) is 34.6 Å². The highest BCUT2D eigenvalue weighted by molar-refractivity contribution is 6.74. The molecule has 0 aromatic carbocycles. The summed E-state index contributed by atoms with van der Waals surface area (Å²) in [6, 6.07) is 0. The van der Waals surface area contributed by atoms with E-state index in [1.807, 2.05) is 0 Å². The summed E-state index contributed by atoms with van der Waals surface area (Å²) in [5.41, 5.74) is 0.0196. The van der Waals surface area contributed by atoms with Crippen LogP contribution in [0, 0.1) is 28.6 Å². The van der Waals surface area contributed by atoms with Gasteiger partial charge >= 0.3 is 5.97 Å². The second kappa shape index (κ2) is 11.2. The Bertz CT molecular complexity index is 907. The molecule has 1 spiro atoms. The Kier molecular flexibility index (Phi) is 8.69. The number of nitrogens with zero attached hydrogens (tertiary/aromatic N) is 1. The molecule has 2 heterocycles. The van der Waals surface area contributed by atoms with Crippen molar-refractivity contribution in [1.82, 2.24) is 4.90 Å². The number of hydrogen-bond acceptors (Lipinski definition) is 6. The summed E-state index contributed by atoms with van der Waals surface area (Å²) in [6.45, 7) is 23.4. The van der Waals surface area contributed by atoms with Crippen LogP contribution in [-0.4, -0.2) is 70.0 Å². The Morgan fingerprint density at radius 1 is 0.975 bits per heavy atom. The molecular weight excluding hydrogens is 518 g/mol. The van der Waals surface area contributed by atoms with E-state index in [1.165, 1.54) is 38.9 Å². The molecule has 0 aromatic heterocycles. The number of esters is 1. The number of likely N-dealkylation sites (tertiary alicyclic amines) is 1. The molecule has 7 atom stereocenters. The van der Waals surface area contributed by atoms with E-state index in [0.717, 1.165) is 44.9 Å². The number of rotatable bonds is 7. The van der Waals surface area contributed by atoms with Gasteiger partial charge in [-0.05, 0) is 107 Å². The summed E-state index contributed by atoms with van der Waals surface area (Å²) in [7, 11) is -1.85. The molecule has 230 valence electrons. The number of fused-ring (bicyclic) bond motifs is 2. The van der Waals surface area contributed by atoms with Crippen LogP contribution >= 0.6 is 0 Å². The molecule has 5 aliphatic rings. The average Bonchev–Trinajstić information content (AvgIpc) is 3.61. The highest BCUT2D eigenvalue weighted by atomic mass is 28.4. The highest BCUT2D eigenvalue weighted by Crippen LogP contribution is 2.65. The Balaban J connectivity index is 1.41. The maximum Gasteiger partial charge on any atom is 0.302 e. The molecule has 0 aromatic rings. The molecule has 3 saturated carbocycles. The maximum absolute atomic E-state index is 12.6. The Labute approximate surface area is 245 Å². The van der Waals surface area contributed by atoms with Crippen LogP contribution in [-0.2, 0) is 23.4 Å². The quantitative estimate of drug-likeness (QED) is 0.236. The second-order valence-electron chi connectivity index (χ2n) is 16.0. The summed E-state index contributed by atoms with van der Waals surface area (Å²) in [5.74, 6) is 0.583. The van der Waals surface area contributed by atoms with E-state index in [9.17, 15) is 4.79 Å². The van der Waals surface area contributed by atoms with E-state index in [-0.39, 0.29) is 33.9 Å². The van der Waals surface area contributed by atoms with Gasteiger partial charge in [0.1, 0.15) is 6.10 Å². The van der Waals surface area contributed by atoms with Crippen molar-refractivity contribution in [3.63, 3.8) is 0 Å². The van der Waals surface area contributed by atoms with Crippen molar-refractivity contribution in [3.05, 3.63) is 0 Å². The van der Waals surface area contributed by atoms with Crippen LogP contribution in [0.4, 0.5) is 0 Å². The predicted octanol–water partition coefficient (Wildman–Crippen LogP) is 7.17. The van der Waals surface area contributed by atoms with Gasteiger partial charge in [0.15, 0.2) is 14.1 Å². The molecule has 0 bridgehead atoms. The van der Waals surface area contributed by atoms with Crippen LogP contribution in [0.3, 0.4) is 0 Å². The molecule has 6 nitrogen and oxygen atoms in total. The lowest BCUT2D eigenvalue weighted by molar-refractivity contribution is -0.252. The predicted molar refractivity (Wildman–Crippen MR) is 162 cm³/mol. The fraction of sp³-hybridized carbons (Fsp3) is 0.970. The molecule has 1 unspecified atom stereocenters. The minimum absolute atomic E-state index is 0.0689. The van der Waals surface area contributed by atoms with Crippen molar-refractivity contribution in [1.29, 1.82) is 0 Å². The van der Waals surface area contributed by atoms with Crippen LogP contribution < -0.4 is 0 Å². The lowest BCUT2D eigenvalue weighted by atomic mass is 9.51. The molecule has 7 heteroatoms. The molecule has 5 rings (SSSR count). The Morgan fingerprint density at radius 2 is 1.62 bits per heavy atom. The van der Waals surface area contributed by atoms with Gasteiger partial charge in [0, 0.05) is 36.7 Å². The molecular formula is C33H59NO5Si. The van der Waals surface area contributed by atoms with Crippen molar-refractivity contribution in [2.75, 3.05) is 32.8 Å². The zero-order valence-electron chi connectivity index (χ0n) is 27.0. The first-order chi connectivity index (χ1) is 18.7. The molecule has 0 radical (unpaired) electrons. The van der Waals surface area contributed by atoms with E-state index >= 15 is 0 Å². The largest absolute Gasteiger partial charge is 0.462 e. The standard InChI is InChI=1S/C33H59NO5Si/c1-24(35)38-29-27(12-16-32(6)28(29)13-17-33(32)36-21-22-37-33)31(5)15-11-26(39-40(7,8)30(2,3)4)23-25(31)14-20-34-18-9-10-19-34/h25-29H,9-23H2,1-8H3/t25-,26?,27-,28-,29+,31-,32-/m0/s1. The summed E-state index contributed by atoms with van der Waals surface area (Å²) >= 11 is 0. The van der Waals surface area contributed by atoms with Crippen molar-refractivity contribution >= 4 is 14.3 Å². The first kappa shape index (κ1) is 31.0. The van der Waals surface area contributed by atoms with Gasteiger partial charge in [-0.2, -0.15) is 0 Å². The number of carbonyl (C=O) groups excluding carboxylic acids is 1. The summed E-state index contributed by atoms with van der Waals surface area (Å²) in [5, 5.41) is 0.218. The number of hydrogen-bond donors (Lipinski definition) is 0. The summed E-state index contributed by atoms with van der Waals surface area (Å²) in [4.78, 5) is 15.3. The van der Waals surface area contributed by atoms with Crippen molar-refractivity contribution in [2.45, 2.75) is 142 Å². The van der Waals surface area contributed by atoms with Gasteiger partial charge in [0.2, 0.25) is 0 Å². The van der Waals surface area contributed by atoms with E-state index in [2.05, 4.69) is 52.6 Å². The third kappa shape index (κ3) is 5.49. The van der Waals surface area contributed by atoms with Gasteiger partial charge in [-0.25, -0.2) is 0 Å². The second-order valence-corrected chi connectivity index (χ2v) is 20.8. The third-order valence-corrected chi connectivity index (χ3v) is 17.4. The van der Waals surface area contributed by atoms with E-state index in [0.29, 0.717) is 31.2 Å². The minimum Gasteiger partial charge on any atom is -0.462 e.